The minimum atomic E-state index is 0.0264. The summed E-state index contributed by atoms with van der Waals surface area (Å²) >= 11 is 3.12. The molecule has 1 amide bonds. The maximum atomic E-state index is 12.6. The van der Waals surface area contributed by atoms with Crippen molar-refractivity contribution in [2.75, 3.05) is 13.1 Å². The number of piperidine rings is 1. The van der Waals surface area contributed by atoms with Crippen LogP contribution in [0.1, 0.15) is 34.2 Å². The zero-order valence-corrected chi connectivity index (χ0v) is 15.5. The summed E-state index contributed by atoms with van der Waals surface area (Å²) in [4.78, 5) is 23.3. The lowest BCUT2D eigenvalue weighted by Crippen LogP contribution is -2.40. The highest BCUT2D eigenvalue weighted by molar-refractivity contribution is 7.09. The van der Waals surface area contributed by atoms with E-state index in [2.05, 4.69) is 15.1 Å². The summed E-state index contributed by atoms with van der Waals surface area (Å²) in [5.41, 5.74) is 1.54. The Bertz CT molecular complexity index is 856. The lowest BCUT2D eigenvalue weighted by atomic mass is 9.94. The molecular weight excluding hydrogens is 356 g/mol. The van der Waals surface area contributed by atoms with Gasteiger partial charge in [-0.3, -0.25) is 4.79 Å². The highest BCUT2D eigenvalue weighted by atomic mass is 32.1. The molecule has 6 nitrogen and oxygen atoms in total. The Morgan fingerprint density at radius 2 is 2.32 bits per heavy atom. The molecule has 4 rings (SSSR count). The third kappa shape index (κ3) is 3.64. The number of hydrogen-bond donors (Lipinski definition) is 0. The second-order valence-corrected chi connectivity index (χ2v) is 8.08. The van der Waals surface area contributed by atoms with E-state index in [1.807, 2.05) is 34.0 Å². The number of amides is 1. The van der Waals surface area contributed by atoms with Gasteiger partial charge in [0.05, 0.1) is 5.01 Å². The predicted molar refractivity (Wildman–Crippen MR) is 96.8 cm³/mol. The minimum absolute atomic E-state index is 0.0264. The number of aryl methyl sites for hydroxylation is 1. The molecule has 0 aliphatic carbocycles. The fourth-order valence-corrected chi connectivity index (χ4v) is 4.35. The normalized spacial score (nSPS) is 17.8. The SMILES string of the molecule is Cc1nc(C(=O)N2CCC[C@H](Cc3nc(-c4ccsc4)no3)C2)cs1. The molecule has 0 saturated carbocycles. The first-order valence-electron chi connectivity index (χ1n) is 8.25. The van der Waals surface area contributed by atoms with Gasteiger partial charge >= 0.3 is 0 Å². The molecule has 1 aliphatic heterocycles. The van der Waals surface area contributed by atoms with Gasteiger partial charge in [0.25, 0.3) is 5.91 Å². The molecule has 0 unspecified atom stereocenters. The Hall–Kier alpha value is -2.06. The Balaban J connectivity index is 1.41. The molecule has 1 atom stereocenters. The Labute approximate surface area is 153 Å². The van der Waals surface area contributed by atoms with Crippen molar-refractivity contribution < 1.29 is 9.32 Å². The third-order valence-electron chi connectivity index (χ3n) is 4.36. The van der Waals surface area contributed by atoms with Crippen LogP contribution < -0.4 is 0 Å². The lowest BCUT2D eigenvalue weighted by Gasteiger charge is -2.31. The van der Waals surface area contributed by atoms with Crippen LogP contribution in [0, 0.1) is 12.8 Å². The van der Waals surface area contributed by atoms with Crippen LogP contribution in [0.3, 0.4) is 0 Å². The van der Waals surface area contributed by atoms with Crippen LogP contribution in [-0.2, 0) is 6.42 Å². The Morgan fingerprint density at radius 1 is 1.40 bits per heavy atom. The maximum absolute atomic E-state index is 12.6. The summed E-state index contributed by atoms with van der Waals surface area (Å²) in [5, 5.41) is 10.8. The van der Waals surface area contributed by atoms with Gasteiger partial charge in [-0.25, -0.2) is 4.98 Å². The van der Waals surface area contributed by atoms with Gasteiger partial charge < -0.3 is 9.42 Å². The molecule has 0 radical (unpaired) electrons. The number of hydrogen-bond acceptors (Lipinski definition) is 7. The van der Waals surface area contributed by atoms with Gasteiger partial charge in [-0.1, -0.05) is 5.16 Å². The van der Waals surface area contributed by atoms with Crippen LogP contribution >= 0.6 is 22.7 Å². The number of thiophene rings is 1. The molecule has 1 aliphatic rings. The fraction of sp³-hybridized carbons (Fsp3) is 0.412. The number of carbonyl (C=O) groups is 1. The average molecular weight is 374 g/mol. The second-order valence-electron chi connectivity index (χ2n) is 6.24. The number of nitrogens with zero attached hydrogens (tertiary/aromatic N) is 4. The quantitative estimate of drug-likeness (QED) is 0.697. The van der Waals surface area contributed by atoms with Crippen LogP contribution in [0.15, 0.2) is 26.7 Å². The molecule has 3 aromatic rings. The molecule has 0 N–H and O–H groups in total. The van der Waals surface area contributed by atoms with E-state index < -0.39 is 0 Å². The summed E-state index contributed by atoms with van der Waals surface area (Å²) in [6, 6.07) is 1.98. The first kappa shape index (κ1) is 16.4. The second kappa shape index (κ2) is 7.05. The summed E-state index contributed by atoms with van der Waals surface area (Å²) in [6.45, 7) is 3.42. The van der Waals surface area contributed by atoms with Crippen molar-refractivity contribution >= 4 is 28.6 Å². The van der Waals surface area contributed by atoms with Crippen LogP contribution in [0.2, 0.25) is 0 Å². The monoisotopic (exact) mass is 374 g/mol. The summed E-state index contributed by atoms with van der Waals surface area (Å²) in [7, 11) is 0. The van der Waals surface area contributed by atoms with Crippen molar-refractivity contribution in [1.82, 2.24) is 20.0 Å². The molecule has 3 aromatic heterocycles. The predicted octanol–water partition coefficient (Wildman–Crippen LogP) is 3.66. The molecule has 0 spiro atoms. The van der Waals surface area contributed by atoms with Crippen molar-refractivity contribution in [3.8, 4) is 11.4 Å². The van der Waals surface area contributed by atoms with E-state index in [-0.39, 0.29) is 5.91 Å². The smallest absolute Gasteiger partial charge is 0.273 e. The number of rotatable bonds is 4. The van der Waals surface area contributed by atoms with E-state index in [0.29, 0.717) is 36.3 Å². The van der Waals surface area contributed by atoms with Gasteiger partial charge in [-0.05, 0) is 37.1 Å². The average Bonchev–Trinajstić information content (AvgIpc) is 3.35. The molecule has 1 saturated heterocycles. The van der Waals surface area contributed by atoms with Crippen LogP contribution in [0.5, 0.6) is 0 Å². The van der Waals surface area contributed by atoms with Gasteiger partial charge in [-0.2, -0.15) is 16.3 Å². The van der Waals surface area contributed by atoms with Gasteiger partial charge in [0.2, 0.25) is 11.7 Å². The van der Waals surface area contributed by atoms with E-state index in [1.54, 1.807) is 11.3 Å². The molecule has 25 heavy (non-hydrogen) atoms. The first-order valence-corrected chi connectivity index (χ1v) is 10.1. The van der Waals surface area contributed by atoms with Crippen LogP contribution in [0.25, 0.3) is 11.4 Å². The summed E-state index contributed by atoms with van der Waals surface area (Å²) in [5.74, 6) is 1.65. The first-order chi connectivity index (χ1) is 12.2. The van der Waals surface area contributed by atoms with E-state index in [9.17, 15) is 4.79 Å². The summed E-state index contributed by atoms with van der Waals surface area (Å²) in [6.07, 6.45) is 2.76. The molecule has 130 valence electrons. The van der Waals surface area contributed by atoms with Gasteiger partial charge in [0.15, 0.2) is 0 Å². The standard InChI is InChI=1S/C17H18N4O2S2/c1-11-18-14(10-25-11)17(22)21-5-2-3-12(8-21)7-15-19-16(20-23-15)13-4-6-24-9-13/h4,6,9-10,12H,2-3,5,7-8H2,1H3/t12-/m1/s1. The highest BCUT2D eigenvalue weighted by Gasteiger charge is 2.27. The van der Waals surface area contributed by atoms with E-state index >= 15 is 0 Å². The number of aromatic nitrogens is 3. The van der Waals surface area contributed by atoms with Gasteiger partial charge in [0.1, 0.15) is 5.69 Å². The van der Waals surface area contributed by atoms with Crippen molar-refractivity contribution in [2.24, 2.45) is 5.92 Å². The van der Waals surface area contributed by atoms with Crippen molar-refractivity contribution in [3.63, 3.8) is 0 Å². The molecule has 0 aromatic carbocycles. The lowest BCUT2D eigenvalue weighted by molar-refractivity contribution is 0.0663. The number of thiazole rings is 1. The zero-order chi connectivity index (χ0) is 17.2. The molecule has 0 bridgehead atoms. The summed E-state index contributed by atoms with van der Waals surface area (Å²) < 4.78 is 5.40. The van der Waals surface area contributed by atoms with E-state index in [4.69, 9.17) is 4.52 Å². The van der Waals surface area contributed by atoms with E-state index in [1.165, 1.54) is 11.3 Å². The minimum Gasteiger partial charge on any atom is -0.339 e. The topological polar surface area (TPSA) is 72.1 Å². The number of carbonyl (C=O) groups excluding carboxylic acids is 1. The Morgan fingerprint density at radius 3 is 3.08 bits per heavy atom. The van der Waals surface area contributed by atoms with Gasteiger partial charge in [0, 0.05) is 35.8 Å². The maximum Gasteiger partial charge on any atom is 0.273 e. The van der Waals surface area contributed by atoms with E-state index in [0.717, 1.165) is 30.0 Å². The van der Waals surface area contributed by atoms with Crippen molar-refractivity contribution in [2.45, 2.75) is 26.2 Å². The molecule has 4 heterocycles. The van der Waals surface area contributed by atoms with Crippen molar-refractivity contribution in [3.05, 3.63) is 38.8 Å². The molecular formula is C17H18N4O2S2. The van der Waals surface area contributed by atoms with Gasteiger partial charge in [-0.15, -0.1) is 11.3 Å². The van der Waals surface area contributed by atoms with Crippen LogP contribution in [-0.4, -0.2) is 39.0 Å². The zero-order valence-electron chi connectivity index (χ0n) is 13.8. The Kier molecular flexibility index (Phi) is 4.63. The third-order valence-corrected chi connectivity index (χ3v) is 5.81. The van der Waals surface area contributed by atoms with Crippen molar-refractivity contribution in [1.29, 1.82) is 0 Å². The molecule has 1 fully saturated rings. The molecule has 8 heteroatoms. The fourth-order valence-electron chi connectivity index (χ4n) is 3.13. The van der Waals surface area contributed by atoms with Crippen LogP contribution in [0.4, 0.5) is 0 Å². The highest BCUT2D eigenvalue weighted by Crippen LogP contribution is 2.24. The largest absolute Gasteiger partial charge is 0.339 e. The number of likely N-dealkylation sites (tertiary alicyclic amines) is 1.